The van der Waals surface area contributed by atoms with E-state index in [4.69, 9.17) is 11.6 Å². The molecule has 1 aliphatic rings. The van der Waals surface area contributed by atoms with Crippen molar-refractivity contribution in [3.05, 3.63) is 64.4 Å². The van der Waals surface area contributed by atoms with Crippen LogP contribution in [0.3, 0.4) is 0 Å². The van der Waals surface area contributed by atoms with Crippen molar-refractivity contribution in [2.75, 3.05) is 11.4 Å². The van der Waals surface area contributed by atoms with Crippen molar-refractivity contribution in [3.63, 3.8) is 0 Å². The van der Waals surface area contributed by atoms with E-state index >= 15 is 0 Å². The molecule has 3 rings (SSSR count). The van der Waals surface area contributed by atoms with Crippen LogP contribution in [-0.4, -0.2) is 46.4 Å². The number of aliphatic hydroxyl groups is 2. The van der Waals surface area contributed by atoms with E-state index in [0.29, 0.717) is 17.7 Å². The summed E-state index contributed by atoms with van der Waals surface area (Å²) in [6.07, 6.45) is -12.9. The van der Waals surface area contributed by atoms with E-state index in [-0.39, 0.29) is 36.5 Å². The van der Waals surface area contributed by atoms with Crippen LogP contribution >= 0.6 is 11.6 Å². The lowest BCUT2D eigenvalue weighted by molar-refractivity contribution is -0.376. The topological polar surface area (TPSA) is 77.8 Å². The molecule has 1 amide bonds. The van der Waals surface area contributed by atoms with Crippen LogP contribution in [0.15, 0.2) is 42.5 Å². The monoisotopic (exact) mass is 527 g/mol. The fourth-order valence-corrected chi connectivity index (χ4v) is 4.05. The number of hydrogen-bond acceptors (Lipinski definition) is 4. The first-order chi connectivity index (χ1) is 16.0. The van der Waals surface area contributed by atoms with Gasteiger partial charge >= 0.3 is 12.4 Å². The highest BCUT2D eigenvalue weighted by atomic mass is 35.5. The Morgan fingerprint density at radius 3 is 2.11 bits per heavy atom. The molecule has 0 saturated carbocycles. The van der Waals surface area contributed by atoms with Crippen LogP contribution in [0.5, 0.6) is 0 Å². The van der Waals surface area contributed by atoms with Crippen LogP contribution in [-0.2, 0) is 21.6 Å². The predicted molar refractivity (Wildman–Crippen MR) is 109 cm³/mol. The van der Waals surface area contributed by atoms with Gasteiger partial charge in [0.25, 0.3) is 11.5 Å². The Hall–Kier alpha value is -2.70. The molecule has 1 saturated heterocycles. The number of alkyl halides is 6. The summed E-state index contributed by atoms with van der Waals surface area (Å²) in [6.45, 7) is -0.255. The zero-order valence-corrected chi connectivity index (χ0v) is 18.3. The van der Waals surface area contributed by atoms with Gasteiger partial charge in [-0.3, -0.25) is 9.59 Å². The number of amides is 1. The van der Waals surface area contributed by atoms with Crippen molar-refractivity contribution in [3.8, 4) is 0 Å². The quantitative estimate of drug-likeness (QED) is 0.430. The Morgan fingerprint density at radius 1 is 1.03 bits per heavy atom. The Balaban J connectivity index is 1.78. The second-order valence-corrected chi connectivity index (χ2v) is 8.46. The maximum absolute atomic E-state index is 13.4. The highest BCUT2D eigenvalue weighted by molar-refractivity contribution is 6.30. The van der Waals surface area contributed by atoms with Gasteiger partial charge in [-0.2, -0.15) is 26.3 Å². The van der Waals surface area contributed by atoms with E-state index in [2.05, 4.69) is 0 Å². The van der Waals surface area contributed by atoms with Gasteiger partial charge in [0.1, 0.15) is 5.82 Å². The van der Waals surface area contributed by atoms with Crippen molar-refractivity contribution < 1.29 is 50.5 Å². The maximum Gasteiger partial charge on any atom is 0.430 e. The third-order valence-electron chi connectivity index (χ3n) is 5.74. The minimum Gasteiger partial charge on any atom is -0.373 e. The van der Waals surface area contributed by atoms with Gasteiger partial charge in [0.2, 0.25) is 5.60 Å². The molecule has 35 heavy (non-hydrogen) atoms. The van der Waals surface area contributed by atoms with Crippen molar-refractivity contribution in [2.24, 2.45) is 0 Å². The molecule has 2 aromatic rings. The Labute approximate surface area is 198 Å². The molecule has 1 aliphatic heterocycles. The van der Waals surface area contributed by atoms with Crippen LogP contribution in [0, 0.1) is 5.82 Å². The van der Waals surface area contributed by atoms with Gasteiger partial charge in [-0.05, 0) is 42.3 Å². The first-order valence-electron chi connectivity index (χ1n) is 9.99. The summed E-state index contributed by atoms with van der Waals surface area (Å²) in [6, 6.07) is 5.76. The maximum atomic E-state index is 13.4. The second kappa shape index (κ2) is 9.07. The standard InChI is InChI=1S/C22H17ClF7NO4/c23-14-9-12(10-15(24)11-14)1-6-17(32)19(34)7-8-31(18(19)33)16-4-2-13(3-5-16)20(35,21(25,26)27)22(28,29)30/h2-5,9-11,34-35H,1,6-8H2. The number of benzene rings is 2. The van der Waals surface area contributed by atoms with Crippen molar-refractivity contribution in [2.45, 2.75) is 42.8 Å². The average molecular weight is 528 g/mol. The molecule has 0 radical (unpaired) electrons. The second-order valence-electron chi connectivity index (χ2n) is 8.02. The molecule has 0 bridgehead atoms. The fraction of sp³-hybridized carbons (Fsp3) is 0.364. The summed E-state index contributed by atoms with van der Waals surface area (Å²) in [5, 5.41) is 20.2. The van der Waals surface area contributed by atoms with Crippen molar-refractivity contribution in [1.82, 2.24) is 0 Å². The van der Waals surface area contributed by atoms with Crippen molar-refractivity contribution in [1.29, 1.82) is 0 Å². The molecule has 0 spiro atoms. The highest BCUT2D eigenvalue weighted by Crippen LogP contribution is 2.50. The summed E-state index contributed by atoms with van der Waals surface area (Å²) >= 11 is 5.74. The predicted octanol–water partition coefficient (Wildman–Crippen LogP) is 4.46. The number of halogens is 8. The van der Waals surface area contributed by atoms with E-state index in [1.165, 1.54) is 6.07 Å². The number of aryl methyl sites for hydroxylation is 1. The number of carbonyl (C=O) groups is 2. The highest BCUT2D eigenvalue weighted by Gasteiger charge is 2.71. The molecule has 190 valence electrons. The van der Waals surface area contributed by atoms with Gasteiger partial charge in [0.05, 0.1) is 0 Å². The van der Waals surface area contributed by atoms with Gasteiger partial charge in [-0.25, -0.2) is 4.39 Å². The number of carbonyl (C=O) groups excluding carboxylic acids is 2. The molecule has 0 aromatic heterocycles. The fourth-order valence-electron chi connectivity index (χ4n) is 3.80. The number of anilines is 1. The van der Waals surface area contributed by atoms with Gasteiger partial charge < -0.3 is 15.1 Å². The molecule has 1 heterocycles. The molecule has 0 aliphatic carbocycles. The molecular weight excluding hydrogens is 511 g/mol. The summed E-state index contributed by atoms with van der Waals surface area (Å²) in [4.78, 5) is 26.2. The lowest BCUT2D eigenvalue weighted by Gasteiger charge is -2.33. The van der Waals surface area contributed by atoms with Crippen LogP contribution < -0.4 is 4.90 Å². The summed E-state index contributed by atoms with van der Waals surface area (Å²) in [5.74, 6) is -2.66. The first kappa shape index (κ1) is 26.9. The van der Waals surface area contributed by atoms with E-state index < -0.39 is 46.6 Å². The molecule has 13 heteroatoms. The molecule has 2 aromatic carbocycles. The lowest BCUT2D eigenvalue weighted by atomic mass is 9.91. The van der Waals surface area contributed by atoms with Gasteiger partial charge in [-0.15, -0.1) is 0 Å². The minimum atomic E-state index is -6.07. The Bertz CT molecular complexity index is 1100. The number of rotatable bonds is 6. The molecule has 5 nitrogen and oxygen atoms in total. The van der Waals surface area contributed by atoms with Crippen LogP contribution in [0.1, 0.15) is 24.0 Å². The summed E-state index contributed by atoms with van der Waals surface area (Å²) in [7, 11) is 0. The molecule has 1 fully saturated rings. The van der Waals surface area contributed by atoms with Gasteiger partial charge in [0, 0.05) is 35.7 Å². The average Bonchev–Trinajstić information content (AvgIpc) is 3.05. The van der Waals surface area contributed by atoms with Gasteiger partial charge in [-0.1, -0.05) is 23.7 Å². The van der Waals surface area contributed by atoms with E-state index in [9.17, 15) is 50.5 Å². The third-order valence-corrected chi connectivity index (χ3v) is 5.96. The van der Waals surface area contributed by atoms with E-state index in [1.54, 1.807) is 0 Å². The zero-order valence-electron chi connectivity index (χ0n) is 17.6. The van der Waals surface area contributed by atoms with Crippen molar-refractivity contribution >= 4 is 29.0 Å². The number of hydrogen-bond donors (Lipinski definition) is 2. The van der Waals surface area contributed by atoms with E-state index in [1.807, 2.05) is 0 Å². The molecule has 1 unspecified atom stereocenters. The zero-order chi connectivity index (χ0) is 26.4. The largest absolute Gasteiger partial charge is 0.430 e. The smallest absolute Gasteiger partial charge is 0.373 e. The third kappa shape index (κ3) is 4.87. The molecule has 1 atom stereocenters. The number of Topliss-reactive ketones (excluding diaryl/α,β-unsaturated/α-hetero) is 1. The van der Waals surface area contributed by atoms with Crippen LogP contribution in [0.2, 0.25) is 5.02 Å². The van der Waals surface area contributed by atoms with Gasteiger partial charge in [0.15, 0.2) is 5.78 Å². The number of nitrogens with zero attached hydrogens (tertiary/aromatic N) is 1. The first-order valence-corrected chi connectivity index (χ1v) is 10.4. The minimum absolute atomic E-state index is 0.0476. The Morgan fingerprint density at radius 2 is 1.60 bits per heavy atom. The summed E-state index contributed by atoms with van der Waals surface area (Å²) < 4.78 is 91.7. The Kier molecular flexibility index (Phi) is 6.97. The SMILES string of the molecule is O=C(CCc1cc(F)cc(Cl)c1)C1(O)CCN(c2ccc(C(O)(C(F)(F)F)C(F)(F)F)cc2)C1=O. The van der Waals surface area contributed by atoms with E-state index in [0.717, 1.165) is 29.2 Å². The summed E-state index contributed by atoms with van der Waals surface area (Å²) in [5.41, 5.74) is -8.98. The normalized spacial score (nSPS) is 19.4. The lowest BCUT2D eigenvalue weighted by Crippen LogP contribution is -2.53. The number of ketones is 1. The molecular formula is C22H17ClF7NO4. The van der Waals surface area contributed by atoms with Crippen LogP contribution in [0.25, 0.3) is 0 Å². The van der Waals surface area contributed by atoms with Crippen LogP contribution in [0.4, 0.5) is 36.4 Å². The molecule has 2 N–H and O–H groups in total.